The van der Waals surface area contributed by atoms with Crippen LogP contribution in [0.3, 0.4) is 0 Å². The van der Waals surface area contributed by atoms with Crippen LogP contribution in [0.4, 0.5) is 0 Å². The summed E-state index contributed by atoms with van der Waals surface area (Å²) in [6.07, 6.45) is 99.3. The van der Waals surface area contributed by atoms with Crippen LogP contribution in [0.2, 0.25) is 0 Å². The second-order valence-electron chi connectivity index (χ2n) is 30.4. The van der Waals surface area contributed by atoms with Gasteiger partial charge in [-0.1, -0.05) is 484 Å². The Hall–Kier alpha value is -1.10. The average Bonchev–Trinajstić information content (AvgIpc) is 1.95. The fraction of sp³-hybridized carbons (Fsp3) is 0.944. The van der Waals surface area contributed by atoms with E-state index in [-0.39, 0.29) is 115 Å². The van der Waals surface area contributed by atoms with Crippen molar-refractivity contribution in [2.75, 3.05) is 0 Å². The molecular formula is C90H175O15V3-15. The summed E-state index contributed by atoms with van der Waals surface area (Å²) in [5.41, 5.74) is 0. The van der Waals surface area contributed by atoms with E-state index in [9.17, 15) is 49.5 Å². The van der Waals surface area contributed by atoms with Gasteiger partial charge in [0, 0.05) is 85.5 Å². The fourth-order valence-corrected chi connectivity index (χ4v) is 13.2. The van der Waals surface area contributed by atoms with Crippen LogP contribution in [0.25, 0.3) is 0 Å². The van der Waals surface area contributed by atoms with E-state index in [0.29, 0.717) is 0 Å². The van der Waals surface area contributed by atoms with Gasteiger partial charge < -0.3 is 76.9 Å². The minimum absolute atomic E-state index is 0. The Balaban J connectivity index is -0.0000000932. The van der Waals surface area contributed by atoms with Crippen molar-refractivity contribution in [1.82, 2.24) is 0 Å². The summed E-state index contributed by atoms with van der Waals surface area (Å²) in [4.78, 5) is 51.1. The molecule has 0 heterocycles. The van der Waals surface area contributed by atoms with E-state index in [1.165, 1.54) is 417 Å². The first-order valence-corrected chi connectivity index (χ1v) is 44.8. The largest absolute Gasteiger partial charge is 2.00 e. The summed E-state index contributed by atoms with van der Waals surface area (Å²) in [7, 11) is 0. The van der Waals surface area contributed by atoms with E-state index in [4.69, 9.17) is 0 Å². The number of unbranched alkanes of at least 4 members (excludes halogenated alkanes) is 70. The Bertz CT molecular complexity index is 1300. The van der Waals surface area contributed by atoms with Crippen LogP contribution < -0.4 is 25.5 Å². The van der Waals surface area contributed by atoms with Crippen LogP contribution in [0, 0.1) is 0 Å². The number of carbonyl (C=O) groups excluding carboxylic acids is 5. The predicted octanol–water partition coefficient (Wildman–Crippen LogP) is 24.4. The van der Waals surface area contributed by atoms with E-state index in [2.05, 4.69) is 34.6 Å². The van der Waals surface area contributed by atoms with Gasteiger partial charge in [0.1, 0.15) is 0 Å². The molecule has 0 amide bonds. The summed E-state index contributed by atoms with van der Waals surface area (Å²) < 4.78 is 0. The van der Waals surface area contributed by atoms with Gasteiger partial charge in [-0.15, -0.1) is 0 Å². The number of carbonyl (C=O) groups is 5. The monoisotopic (exact) mass is 1650 g/mol. The summed E-state index contributed by atoms with van der Waals surface area (Å²) in [5.74, 6) is -4.52. The molecule has 0 rings (SSSR count). The summed E-state index contributed by atoms with van der Waals surface area (Å²) in [6.45, 7) is 11.3. The molecule has 0 N–H and O–H groups in total. The van der Waals surface area contributed by atoms with Gasteiger partial charge in [-0.2, -0.15) is 0 Å². The first-order chi connectivity index (χ1) is 48.9. The Morgan fingerprint density at radius 2 is 0.185 bits per heavy atom. The first-order valence-electron chi connectivity index (χ1n) is 44.8. The third kappa shape index (κ3) is 161. The number of rotatable bonds is 80. The molecule has 0 aliphatic rings. The molecule has 0 unspecified atom stereocenters. The van der Waals surface area contributed by atoms with Crippen molar-refractivity contribution >= 4 is 29.8 Å². The SMILES string of the molecule is CCCCCCCCCCCCCCCCCC(=O)[O-].CCCCCCCCCCCCCCCCCC(=O)[O-].CCCCCCCCCCCCCCCCCC(=O)[O-].CCCCCCCCCCCCCCCCCC(=O)[O-].CCCCCCCCCCCCCCCCCC(=O)[O-].[O-2].[O-2].[O-2].[O-2].[O-2].[V].[V].[V]. The molecule has 0 bridgehead atoms. The molecule has 0 atom stereocenters. The zero-order valence-electron chi connectivity index (χ0n) is 71.5. The summed E-state index contributed by atoms with van der Waals surface area (Å²) >= 11 is 0. The zero-order chi connectivity index (χ0) is 74.5. The van der Waals surface area contributed by atoms with Gasteiger partial charge in [-0.25, -0.2) is 0 Å². The second-order valence-corrected chi connectivity index (χ2v) is 30.4. The molecule has 0 aromatic heterocycles. The van der Waals surface area contributed by atoms with E-state index < -0.39 is 29.8 Å². The van der Waals surface area contributed by atoms with Gasteiger partial charge in [-0.05, 0) is 64.2 Å². The number of hydrogen-bond donors (Lipinski definition) is 0. The van der Waals surface area contributed by atoms with Gasteiger partial charge in [0.15, 0.2) is 0 Å². The van der Waals surface area contributed by atoms with Crippen molar-refractivity contribution in [3.8, 4) is 0 Å². The Labute approximate surface area is 705 Å². The summed E-state index contributed by atoms with van der Waals surface area (Å²) in [5, 5.41) is 51.1. The number of carboxylic acids is 5. The molecule has 0 aromatic rings. The van der Waals surface area contributed by atoms with Crippen molar-refractivity contribution in [2.24, 2.45) is 0 Å². The van der Waals surface area contributed by atoms with Gasteiger partial charge >= 0.3 is 0 Å². The molecule has 0 spiro atoms. The van der Waals surface area contributed by atoms with E-state index in [1.807, 2.05) is 0 Å². The van der Waals surface area contributed by atoms with E-state index in [1.54, 1.807) is 0 Å². The Morgan fingerprint density at radius 3 is 0.241 bits per heavy atom. The topological polar surface area (TPSA) is 343 Å². The molecule has 0 aliphatic heterocycles. The van der Waals surface area contributed by atoms with Gasteiger partial charge in [-0.3, -0.25) is 0 Å². The first kappa shape index (κ1) is 136. The molecule has 0 saturated carbocycles. The molecule has 108 heavy (non-hydrogen) atoms. The van der Waals surface area contributed by atoms with Crippen molar-refractivity contribution < 1.29 is 133 Å². The Kier molecular flexibility index (Phi) is 166. The number of hydrogen-bond acceptors (Lipinski definition) is 10. The molecule has 0 fully saturated rings. The predicted molar refractivity (Wildman–Crippen MR) is 426 cm³/mol. The molecule has 3 radical (unpaired) electrons. The van der Waals surface area contributed by atoms with Crippen LogP contribution in [0.1, 0.15) is 548 Å². The quantitative estimate of drug-likeness (QED) is 0.0518. The molecule has 0 aromatic carbocycles. The van der Waals surface area contributed by atoms with Crippen LogP contribution in [-0.2, 0) is 107 Å². The molecular weight excluding hydrogens is 1470 g/mol. The fourth-order valence-electron chi connectivity index (χ4n) is 13.2. The maximum Gasteiger partial charge on any atom is 0.0414 e. The van der Waals surface area contributed by atoms with E-state index in [0.717, 1.165) is 64.2 Å². The number of aliphatic carboxylic acids is 5. The van der Waals surface area contributed by atoms with Crippen LogP contribution in [0.5, 0.6) is 0 Å². The maximum absolute atomic E-state index is 10.2. The van der Waals surface area contributed by atoms with Crippen LogP contribution >= 0.6 is 0 Å². The maximum atomic E-state index is 10.2. The third-order valence-corrected chi connectivity index (χ3v) is 19.9. The zero-order valence-corrected chi connectivity index (χ0v) is 75.7. The van der Waals surface area contributed by atoms with Crippen molar-refractivity contribution in [1.29, 1.82) is 0 Å². The molecule has 15 nitrogen and oxygen atoms in total. The van der Waals surface area contributed by atoms with Crippen LogP contribution in [-0.4, -0.2) is 29.8 Å². The van der Waals surface area contributed by atoms with Crippen molar-refractivity contribution in [2.45, 2.75) is 548 Å². The molecule has 0 saturated heterocycles. The second kappa shape index (κ2) is 132. The summed E-state index contributed by atoms with van der Waals surface area (Å²) in [6, 6.07) is 0. The van der Waals surface area contributed by atoms with Crippen molar-refractivity contribution in [3.63, 3.8) is 0 Å². The van der Waals surface area contributed by atoms with Crippen LogP contribution in [0.15, 0.2) is 0 Å². The Morgan fingerprint density at radius 1 is 0.130 bits per heavy atom. The number of carboxylic acid groups (broad SMARTS) is 5. The minimum atomic E-state index is -0.903. The molecule has 0 aliphatic carbocycles. The van der Waals surface area contributed by atoms with Gasteiger partial charge in [0.25, 0.3) is 0 Å². The van der Waals surface area contributed by atoms with Gasteiger partial charge in [0.05, 0.1) is 0 Å². The standard InChI is InChI=1S/5C18H36O2.5O.3V/c5*1-2-3-4-5-6-7-8-9-10-11-12-13-14-15-16-17-18(19)20;;;;;;;;/h5*2-17H2,1H3,(H,19,20);;;;;;;;/q;;;;;5*-2;;;/p-5. The normalized spacial score (nSPS) is 10.0. The molecule has 655 valence electrons. The van der Waals surface area contributed by atoms with Gasteiger partial charge in [0.2, 0.25) is 0 Å². The van der Waals surface area contributed by atoms with E-state index >= 15 is 0 Å². The minimum Gasteiger partial charge on any atom is -2.00 e. The average molecular weight is 1650 g/mol. The smallest absolute Gasteiger partial charge is 0.0414 e. The van der Waals surface area contributed by atoms with Crippen molar-refractivity contribution in [3.05, 3.63) is 0 Å². The third-order valence-electron chi connectivity index (χ3n) is 19.9. The molecule has 18 heteroatoms.